The summed E-state index contributed by atoms with van der Waals surface area (Å²) in [6.07, 6.45) is 72.3. The van der Waals surface area contributed by atoms with Gasteiger partial charge in [0.05, 0.1) is 39.9 Å². The number of allylic oxidation sites excluding steroid dienone is 22. The average Bonchev–Trinajstić information content (AvgIpc) is 3.29. The molecular weight excluding hydrogens is 852 g/mol. The zero-order chi connectivity index (χ0) is 49.2. The Labute approximate surface area is 411 Å². The summed E-state index contributed by atoms with van der Waals surface area (Å²) in [5.74, 6) is -0.196. The van der Waals surface area contributed by atoms with E-state index >= 15 is 0 Å². The van der Waals surface area contributed by atoms with Crippen LogP contribution < -0.4 is 10.2 Å². The topological polar surface area (TPSA) is 108 Å². The molecule has 9 heteroatoms. The van der Waals surface area contributed by atoms with E-state index in [1.807, 2.05) is 21.1 Å². The molecule has 0 aromatic rings. The van der Waals surface area contributed by atoms with Gasteiger partial charge in [-0.25, -0.2) is 0 Å². The Morgan fingerprint density at radius 3 is 1.33 bits per heavy atom. The molecule has 0 aliphatic carbocycles. The molecule has 0 radical (unpaired) electrons. The predicted molar refractivity (Wildman–Crippen MR) is 288 cm³/mol. The summed E-state index contributed by atoms with van der Waals surface area (Å²) in [6, 6.07) is -0.817. The summed E-state index contributed by atoms with van der Waals surface area (Å²) in [4.78, 5) is 25.2. The number of amides is 1. The molecule has 3 atom stereocenters. The van der Waals surface area contributed by atoms with E-state index in [1.54, 1.807) is 0 Å². The first-order valence-corrected chi connectivity index (χ1v) is 27.5. The molecule has 3 unspecified atom stereocenters. The fourth-order valence-electron chi connectivity index (χ4n) is 6.57. The molecule has 0 aromatic heterocycles. The average molecular weight is 949 g/mol. The first kappa shape index (κ1) is 63.6. The lowest BCUT2D eigenvalue weighted by atomic mass is 10.0. The third-order valence-corrected chi connectivity index (χ3v) is 11.6. The number of likely N-dealkylation sites (N-methyl/N-ethyl adjacent to an activating group) is 1. The van der Waals surface area contributed by atoms with E-state index in [4.69, 9.17) is 9.05 Å². The van der Waals surface area contributed by atoms with E-state index < -0.39 is 20.0 Å². The Morgan fingerprint density at radius 2 is 0.910 bits per heavy atom. The number of quaternary nitrogens is 1. The first-order chi connectivity index (χ1) is 32.5. The summed E-state index contributed by atoms with van der Waals surface area (Å²) in [5.41, 5.74) is 0. The van der Waals surface area contributed by atoms with Crippen molar-refractivity contribution in [2.45, 2.75) is 187 Å². The van der Waals surface area contributed by atoms with Crippen LogP contribution in [0, 0.1) is 0 Å². The predicted octanol–water partition coefficient (Wildman–Crippen LogP) is 15.0. The number of hydrogen-bond donors (Lipinski definition) is 2. The van der Waals surface area contributed by atoms with Gasteiger partial charge in [0.15, 0.2) is 0 Å². The molecule has 0 rings (SSSR count). The van der Waals surface area contributed by atoms with Crippen LogP contribution in [0.5, 0.6) is 0 Å². The fourth-order valence-corrected chi connectivity index (χ4v) is 7.29. The molecule has 0 saturated heterocycles. The SMILES string of the molecule is CC/C=C\C/C=C\C/C=C\C/C=C\C/C=C\C/C=C\C/C=C\C/C=C\C/C=C\C/C=C\C/C=C\CCCCCCCC(=O)NC(COP(=O)([O-])OCC[N+](C)(C)C)C(O)CCCCCCCC. The maximum absolute atomic E-state index is 12.8. The van der Waals surface area contributed by atoms with Gasteiger partial charge in [0.25, 0.3) is 7.82 Å². The highest BCUT2D eigenvalue weighted by Crippen LogP contribution is 2.38. The Kier molecular flexibility index (Phi) is 45.3. The van der Waals surface area contributed by atoms with Gasteiger partial charge in [0.1, 0.15) is 13.2 Å². The Bertz CT molecular complexity index is 1540. The number of hydrogen-bond acceptors (Lipinski definition) is 6. The molecule has 0 heterocycles. The van der Waals surface area contributed by atoms with Gasteiger partial charge in [0, 0.05) is 6.42 Å². The summed E-state index contributed by atoms with van der Waals surface area (Å²) in [7, 11) is 1.26. The largest absolute Gasteiger partial charge is 0.756 e. The first-order valence-electron chi connectivity index (χ1n) is 26.0. The second-order valence-corrected chi connectivity index (χ2v) is 19.6. The summed E-state index contributed by atoms with van der Waals surface area (Å²) < 4.78 is 23.1. The van der Waals surface area contributed by atoms with Crippen LogP contribution in [0.3, 0.4) is 0 Å². The normalized spacial score (nSPS) is 15.1. The second-order valence-electron chi connectivity index (χ2n) is 18.1. The highest BCUT2D eigenvalue weighted by molar-refractivity contribution is 7.45. The molecule has 0 fully saturated rings. The van der Waals surface area contributed by atoms with E-state index in [0.717, 1.165) is 128 Å². The van der Waals surface area contributed by atoms with Crippen LogP contribution >= 0.6 is 7.82 Å². The summed E-state index contributed by atoms with van der Waals surface area (Å²) in [6.45, 7) is 4.48. The number of unbranched alkanes of at least 4 members (excludes halogenated alkanes) is 10. The number of rotatable bonds is 45. The van der Waals surface area contributed by atoms with Crippen molar-refractivity contribution in [2.75, 3.05) is 40.9 Å². The van der Waals surface area contributed by atoms with Crippen molar-refractivity contribution in [1.29, 1.82) is 0 Å². The minimum absolute atomic E-state index is 0.0000545. The van der Waals surface area contributed by atoms with Crippen molar-refractivity contribution in [1.82, 2.24) is 5.32 Å². The Morgan fingerprint density at radius 1 is 0.537 bits per heavy atom. The Balaban J connectivity index is 4.05. The van der Waals surface area contributed by atoms with E-state index in [9.17, 15) is 19.4 Å². The van der Waals surface area contributed by atoms with Crippen molar-refractivity contribution >= 4 is 13.7 Å². The van der Waals surface area contributed by atoms with Gasteiger partial charge < -0.3 is 28.8 Å². The molecule has 0 aromatic carbocycles. The number of carbonyl (C=O) groups is 1. The second kappa shape index (κ2) is 47.7. The van der Waals surface area contributed by atoms with Crippen LogP contribution in [0.15, 0.2) is 134 Å². The number of aliphatic hydroxyl groups excluding tert-OH is 1. The zero-order valence-corrected chi connectivity index (χ0v) is 43.9. The van der Waals surface area contributed by atoms with E-state index in [-0.39, 0.29) is 19.1 Å². The maximum atomic E-state index is 12.8. The van der Waals surface area contributed by atoms with Crippen molar-refractivity contribution in [2.24, 2.45) is 0 Å². The standard InChI is InChI=1S/C58H97N2O6P/c1-6-8-10-12-14-15-16-17-18-19-20-21-22-23-24-25-26-27-28-29-30-31-32-33-34-35-36-37-38-39-40-41-42-43-44-45-46-48-50-52-58(62)59-56(57(61)51-49-47-13-11-9-7-2)55-66-67(63,64)65-54-53-60(3,4)5/h8,10,14-15,17-18,20-21,23-24,26-27,29-30,32-33,35-36,38-39,41-42,56-57,61H,6-7,9,11-13,16,19,22,25,28,31,34,37,40,43-55H2,1-5H3,(H-,59,62,63,64)/b10-8-,15-14-,18-17-,21-20-,24-23-,27-26-,30-29-,33-32-,36-35-,39-38-,42-41-. The monoisotopic (exact) mass is 949 g/mol. The molecule has 0 spiro atoms. The molecule has 67 heavy (non-hydrogen) atoms. The van der Waals surface area contributed by atoms with Crippen LogP contribution in [0.2, 0.25) is 0 Å². The Hall–Kier alpha value is -3.36. The number of phosphoric acid groups is 1. The number of phosphoric ester groups is 1. The number of carbonyl (C=O) groups excluding carboxylic acids is 1. The lowest BCUT2D eigenvalue weighted by Crippen LogP contribution is -2.46. The quantitative estimate of drug-likeness (QED) is 0.0272. The van der Waals surface area contributed by atoms with Gasteiger partial charge in [-0.15, -0.1) is 0 Å². The van der Waals surface area contributed by atoms with Gasteiger partial charge >= 0.3 is 0 Å². The molecule has 0 bridgehead atoms. The van der Waals surface area contributed by atoms with Crippen LogP contribution in [0.4, 0.5) is 0 Å². The smallest absolute Gasteiger partial charge is 0.268 e. The summed E-state index contributed by atoms with van der Waals surface area (Å²) in [5, 5.41) is 13.7. The minimum Gasteiger partial charge on any atom is -0.756 e. The van der Waals surface area contributed by atoms with E-state index in [2.05, 4.69) is 153 Å². The number of nitrogens with zero attached hydrogens (tertiary/aromatic N) is 1. The van der Waals surface area contributed by atoms with Crippen LogP contribution in [0.25, 0.3) is 0 Å². The van der Waals surface area contributed by atoms with Gasteiger partial charge in [0.2, 0.25) is 5.91 Å². The third kappa shape index (κ3) is 50.3. The van der Waals surface area contributed by atoms with Gasteiger partial charge in [-0.1, -0.05) is 205 Å². The molecule has 8 nitrogen and oxygen atoms in total. The molecule has 0 aliphatic rings. The highest BCUT2D eigenvalue weighted by Gasteiger charge is 2.24. The molecule has 2 N–H and O–H groups in total. The lowest BCUT2D eigenvalue weighted by Gasteiger charge is -2.30. The molecule has 0 saturated carbocycles. The highest BCUT2D eigenvalue weighted by atomic mass is 31.2. The molecule has 0 aliphatic heterocycles. The van der Waals surface area contributed by atoms with Gasteiger partial charge in [-0.05, 0) is 96.3 Å². The summed E-state index contributed by atoms with van der Waals surface area (Å²) >= 11 is 0. The molecule has 380 valence electrons. The van der Waals surface area contributed by atoms with Crippen LogP contribution in [0.1, 0.15) is 174 Å². The van der Waals surface area contributed by atoms with Crippen molar-refractivity contribution in [3.05, 3.63) is 134 Å². The lowest BCUT2D eigenvalue weighted by molar-refractivity contribution is -0.870. The van der Waals surface area contributed by atoms with Gasteiger partial charge in [-0.2, -0.15) is 0 Å². The van der Waals surface area contributed by atoms with Crippen molar-refractivity contribution in [3.63, 3.8) is 0 Å². The van der Waals surface area contributed by atoms with Crippen LogP contribution in [-0.2, 0) is 18.4 Å². The van der Waals surface area contributed by atoms with E-state index in [1.165, 1.54) is 19.3 Å². The van der Waals surface area contributed by atoms with Crippen molar-refractivity contribution in [3.8, 4) is 0 Å². The minimum atomic E-state index is -4.57. The third-order valence-electron chi connectivity index (χ3n) is 10.7. The van der Waals surface area contributed by atoms with Gasteiger partial charge in [-0.3, -0.25) is 9.36 Å². The zero-order valence-electron chi connectivity index (χ0n) is 43.0. The number of nitrogens with one attached hydrogen (secondary N) is 1. The van der Waals surface area contributed by atoms with Crippen molar-refractivity contribution < 1.29 is 32.9 Å². The molecule has 1 amide bonds. The number of aliphatic hydroxyl groups is 1. The van der Waals surface area contributed by atoms with E-state index in [0.29, 0.717) is 23.9 Å². The maximum Gasteiger partial charge on any atom is 0.268 e. The molecular formula is C58H97N2O6P. The fraction of sp³-hybridized carbons (Fsp3) is 0.603. The van der Waals surface area contributed by atoms with Crippen LogP contribution in [-0.4, -0.2) is 68.5 Å².